The van der Waals surface area contributed by atoms with Gasteiger partial charge in [0.05, 0.1) is 19.3 Å². The molecule has 4 aromatic rings. The fourth-order valence-electron chi connectivity index (χ4n) is 4.47. The van der Waals surface area contributed by atoms with Gasteiger partial charge in [-0.05, 0) is 42.7 Å². The number of nitrogens with one attached hydrogen (secondary N) is 3. The molecule has 0 saturated heterocycles. The third-order valence-corrected chi connectivity index (χ3v) is 6.33. The molecule has 1 atom stereocenters. The van der Waals surface area contributed by atoms with Crippen LogP contribution in [-0.4, -0.2) is 52.3 Å². The number of para-hydroxylation sites is 1. The van der Waals surface area contributed by atoms with E-state index in [4.69, 9.17) is 9.47 Å². The van der Waals surface area contributed by atoms with Crippen LogP contribution >= 0.6 is 0 Å². The fraction of sp³-hybridized carbons (Fsp3) is 0.250. The Morgan fingerprint density at radius 1 is 1.08 bits per heavy atom. The topological polar surface area (TPSA) is 154 Å². The van der Waals surface area contributed by atoms with Gasteiger partial charge in [-0.25, -0.2) is 4.79 Å². The number of benzene rings is 2. The number of rotatable bonds is 10. The van der Waals surface area contributed by atoms with Crippen LogP contribution in [-0.2, 0) is 16.0 Å². The number of amides is 1. The molecule has 1 amide bonds. The fourth-order valence-corrected chi connectivity index (χ4v) is 4.47. The Labute approximate surface area is 218 Å². The van der Waals surface area contributed by atoms with Crippen molar-refractivity contribution in [2.45, 2.75) is 25.7 Å². The van der Waals surface area contributed by atoms with E-state index in [0.717, 1.165) is 22.7 Å². The highest BCUT2D eigenvalue weighted by Crippen LogP contribution is 2.37. The Morgan fingerprint density at radius 2 is 1.87 bits per heavy atom. The van der Waals surface area contributed by atoms with Gasteiger partial charge >= 0.3 is 5.97 Å². The SMILES string of the molecule is CCOC(=O)c1c[nH]c(=O)c([C@@H](CC(=O)NCCc2c[nH]c3ccccc23)c2ccc(OC)c(O)c2)c1O. The van der Waals surface area contributed by atoms with E-state index in [9.17, 15) is 24.6 Å². The number of hydrogen-bond acceptors (Lipinski definition) is 7. The molecule has 0 spiro atoms. The number of aromatic nitrogens is 2. The summed E-state index contributed by atoms with van der Waals surface area (Å²) in [6, 6.07) is 12.3. The maximum Gasteiger partial charge on any atom is 0.343 e. The first kappa shape index (κ1) is 26.3. The molecule has 0 aliphatic rings. The number of H-pyrrole nitrogens is 2. The van der Waals surface area contributed by atoms with Crippen molar-refractivity contribution in [2.24, 2.45) is 0 Å². The van der Waals surface area contributed by atoms with E-state index in [1.807, 2.05) is 30.5 Å². The summed E-state index contributed by atoms with van der Waals surface area (Å²) in [7, 11) is 1.40. The molecule has 2 heterocycles. The van der Waals surface area contributed by atoms with Gasteiger partial charge in [0.2, 0.25) is 5.91 Å². The number of fused-ring (bicyclic) bond motifs is 1. The molecular weight excluding hydrogens is 490 g/mol. The lowest BCUT2D eigenvalue weighted by atomic mass is 9.87. The largest absolute Gasteiger partial charge is 0.506 e. The average Bonchev–Trinajstić information content (AvgIpc) is 3.31. The van der Waals surface area contributed by atoms with Gasteiger partial charge in [0.15, 0.2) is 11.5 Å². The first-order chi connectivity index (χ1) is 18.3. The lowest BCUT2D eigenvalue weighted by molar-refractivity contribution is -0.121. The number of aromatic hydroxyl groups is 2. The van der Waals surface area contributed by atoms with Crippen molar-refractivity contribution >= 4 is 22.8 Å². The normalized spacial score (nSPS) is 11.7. The van der Waals surface area contributed by atoms with Crippen LogP contribution in [0.2, 0.25) is 0 Å². The highest BCUT2D eigenvalue weighted by molar-refractivity contribution is 5.92. The molecule has 0 saturated carbocycles. The Morgan fingerprint density at radius 3 is 2.61 bits per heavy atom. The van der Waals surface area contributed by atoms with E-state index in [1.54, 1.807) is 13.0 Å². The number of ether oxygens (including phenoxy) is 2. The molecule has 10 heteroatoms. The molecule has 0 bridgehead atoms. The summed E-state index contributed by atoms with van der Waals surface area (Å²) in [6.45, 7) is 2.03. The van der Waals surface area contributed by atoms with E-state index in [0.29, 0.717) is 18.5 Å². The summed E-state index contributed by atoms with van der Waals surface area (Å²) in [5.41, 5.74) is 1.33. The minimum absolute atomic E-state index is 0.0708. The molecule has 2 aromatic carbocycles. The highest BCUT2D eigenvalue weighted by Gasteiger charge is 2.28. The molecule has 198 valence electrons. The van der Waals surface area contributed by atoms with Crippen LogP contribution in [0.4, 0.5) is 0 Å². The molecule has 4 rings (SSSR count). The summed E-state index contributed by atoms with van der Waals surface area (Å²) < 4.78 is 10.1. The van der Waals surface area contributed by atoms with Gasteiger partial charge in [0, 0.05) is 42.2 Å². The van der Waals surface area contributed by atoms with E-state index in [1.165, 1.54) is 19.2 Å². The number of phenolic OH excluding ortho intramolecular Hbond substituents is 1. The summed E-state index contributed by atoms with van der Waals surface area (Å²) in [4.78, 5) is 43.9. The second kappa shape index (κ2) is 11.5. The van der Waals surface area contributed by atoms with Crippen molar-refractivity contribution in [1.82, 2.24) is 15.3 Å². The smallest absolute Gasteiger partial charge is 0.343 e. The van der Waals surface area contributed by atoms with Crippen molar-refractivity contribution in [3.63, 3.8) is 0 Å². The van der Waals surface area contributed by atoms with Crippen LogP contribution in [0.15, 0.2) is 59.7 Å². The van der Waals surface area contributed by atoms with Crippen molar-refractivity contribution < 1.29 is 29.3 Å². The van der Waals surface area contributed by atoms with Gasteiger partial charge in [-0.2, -0.15) is 0 Å². The summed E-state index contributed by atoms with van der Waals surface area (Å²) in [5.74, 6) is -2.77. The van der Waals surface area contributed by atoms with Crippen molar-refractivity contribution in [3.05, 3.63) is 87.5 Å². The van der Waals surface area contributed by atoms with Crippen LogP contribution in [0.1, 0.15) is 46.3 Å². The number of pyridine rings is 1. The second-order valence-corrected chi connectivity index (χ2v) is 8.66. The van der Waals surface area contributed by atoms with E-state index >= 15 is 0 Å². The quantitative estimate of drug-likeness (QED) is 0.201. The number of carbonyl (C=O) groups is 2. The average molecular weight is 520 g/mol. The number of esters is 1. The third kappa shape index (κ3) is 5.49. The van der Waals surface area contributed by atoms with Gasteiger partial charge < -0.3 is 35.0 Å². The monoisotopic (exact) mass is 519 g/mol. The van der Waals surface area contributed by atoms with Gasteiger partial charge in [-0.1, -0.05) is 24.3 Å². The number of carbonyl (C=O) groups excluding carboxylic acids is 2. The van der Waals surface area contributed by atoms with Gasteiger partial charge in [0.25, 0.3) is 5.56 Å². The van der Waals surface area contributed by atoms with E-state index < -0.39 is 23.2 Å². The number of phenols is 1. The molecule has 0 unspecified atom stereocenters. The van der Waals surface area contributed by atoms with Crippen molar-refractivity contribution in [1.29, 1.82) is 0 Å². The number of hydrogen-bond donors (Lipinski definition) is 5. The lowest BCUT2D eigenvalue weighted by Crippen LogP contribution is -2.29. The zero-order valence-electron chi connectivity index (χ0n) is 21.0. The van der Waals surface area contributed by atoms with Gasteiger partial charge in [-0.3, -0.25) is 9.59 Å². The Hall–Kier alpha value is -4.73. The van der Waals surface area contributed by atoms with Crippen LogP contribution in [0.3, 0.4) is 0 Å². The summed E-state index contributed by atoms with van der Waals surface area (Å²) in [5, 5.41) is 25.2. The molecule has 0 radical (unpaired) electrons. The summed E-state index contributed by atoms with van der Waals surface area (Å²) in [6.07, 6.45) is 3.32. The maximum absolute atomic E-state index is 13.1. The van der Waals surface area contributed by atoms with E-state index in [2.05, 4.69) is 15.3 Å². The van der Waals surface area contributed by atoms with Crippen molar-refractivity contribution in [2.75, 3.05) is 20.3 Å². The Balaban J connectivity index is 1.61. The molecule has 5 N–H and O–H groups in total. The maximum atomic E-state index is 13.1. The Bertz CT molecular complexity index is 1520. The van der Waals surface area contributed by atoms with Crippen LogP contribution in [0.25, 0.3) is 10.9 Å². The molecule has 0 aliphatic carbocycles. The predicted molar refractivity (Wildman–Crippen MR) is 141 cm³/mol. The number of methoxy groups -OCH3 is 1. The second-order valence-electron chi connectivity index (χ2n) is 8.66. The van der Waals surface area contributed by atoms with Crippen LogP contribution in [0, 0.1) is 0 Å². The van der Waals surface area contributed by atoms with E-state index in [-0.39, 0.29) is 41.6 Å². The molecular formula is C28H29N3O7. The third-order valence-electron chi connectivity index (χ3n) is 6.33. The first-order valence-electron chi connectivity index (χ1n) is 12.1. The zero-order valence-corrected chi connectivity index (χ0v) is 21.0. The number of aromatic amines is 2. The van der Waals surface area contributed by atoms with Crippen LogP contribution in [0.5, 0.6) is 17.2 Å². The minimum Gasteiger partial charge on any atom is -0.506 e. The molecule has 38 heavy (non-hydrogen) atoms. The zero-order chi connectivity index (χ0) is 27.2. The lowest BCUT2D eigenvalue weighted by Gasteiger charge is -2.20. The predicted octanol–water partition coefficient (Wildman–Crippen LogP) is 3.33. The summed E-state index contributed by atoms with van der Waals surface area (Å²) >= 11 is 0. The molecule has 2 aromatic heterocycles. The molecule has 10 nitrogen and oxygen atoms in total. The Kier molecular flexibility index (Phi) is 8.00. The minimum atomic E-state index is -0.988. The van der Waals surface area contributed by atoms with Gasteiger partial charge in [-0.15, -0.1) is 0 Å². The van der Waals surface area contributed by atoms with Crippen LogP contribution < -0.4 is 15.6 Å². The first-order valence-corrected chi connectivity index (χ1v) is 12.1. The highest BCUT2D eigenvalue weighted by atomic mass is 16.5. The van der Waals surface area contributed by atoms with Crippen molar-refractivity contribution in [3.8, 4) is 17.2 Å². The molecule has 0 aliphatic heterocycles. The molecule has 0 fully saturated rings. The van der Waals surface area contributed by atoms with Gasteiger partial charge in [0.1, 0.15) is 11.3 Å². The standard InChI is InChI=1S/C28H29N3O7/c1-3-38-28(36)20-15-31-27(35)25(26(20)34)19(16-8-9-23(37-2)22(32)12-16)13-24(33)29-11-10-17-14-30-21-7-5-4-6-18(17)21/h4-9,12,14-15,19,30,32H,3,10-11,13H2,1-2H3,(H,29,33)(H2,31,34,35)/t19-/m0/s1.